The number of fused-ring (bicyclic) bond motifs is 1. The monoisotopic (exact) mass is 440 g/mol. The molecule has 0 bridgehead atoms. The summed E-state index contributed by atoms with van der Waals surface area (Å²) in [5.74, 6) is -0.436. The van der Waals surface area contributed by atoms with Crippen molar-refractivity contribution in [1.29, 1.82) is 5.26 Å². The van der Waals surface area contributed by atoms with Crippen LogP contribution in [-0.4, -0.2) is 27.9 Å². The van der Waals surface area contributed by atoms with Gasteiger partial charge in [0.1, 0.15) is 0 Å². The highest BCUT2D eigenvalue weighted by Gasteiger charge is 2.29. The van der Waals surface area contributed by atoms with Crippen LogP contribution in [0.25, 0.3) is 0 Å². The van der Waals surface area contributed by atoms with Gasteiger partial charge in [-0.05, 0) is 73.6 Å². The van der Waals surface area contributed by atoms with E-state index in [9.17, 15) is 10.1 Å². The lowest BCUT2D eigenvalue weighted by Crippen LogP contribution is -2.32. The van der Waals surface area contributed by atoms with Gasteiger partial charge < -0.3 is 4.74 Å². The van der Waals surface area contributed by atoms with E-state index in [1.165, 1.54) is 12.7 Å². The summed E-state index contributed by atoms with van der Waals surface area (Å²) in [6, 6.07) is 13.7. The van der Waals surface area contributed by atoms with E-state index in [2.05, 4.69) is 30.0 Å². The van der Waals surface area contributed by atoms with Crippen molar-refractivity contribution in [2.24, 2.45) is 0 Å². The van der Waals surface area contributed by atoms with Gasteiger partial charge in [0.15, 0.2) is 0 Å². The molecular formula is C27H28N4O2. The largest absolute Gasteiger partial charge is 0.465 e. The maximum Gasteiger partial charge on any atom is 0.338 e. The van der Waals surface area contributed by atoms with Crippen LogP contribution in [0.5, 0.6) is 0 Å². The molecule has 0 amide bonds. The van der Waals surface area contributed by atoms with Gasteiger partial charge in [-0.3, -0.25) is 14.9 Å². The van der Waals surface area contributed by atoms with Crippen molar-refractivity contribution < 1.29 is 9.53 Å². The number of nitriles is 1. The van der Waals surface area contributed by atoms with Gasteiger partial charge in [0.05, 0.1) is 41.7 Å². The number of aromatic nitrogens is 2. The van der Waals surface area contributed by atoms with E-state index >= 15 is 0 Å². The molecule has 33 heavy (non-hydrogen) atoms. The second-order valence-electron chi connectivity index (χ2n) is 8.61. The Balaban J connectivity index is 1.76. The van der Waals surface area contributed by atoms with Gasteiger partial charge in [-0.25, -0.2) is 4.79 Å². The zero-order valence-corrected chi connectivity index (χ0v) is 19.3. The molecule has 0 saturated heterocycles. The summed E-state index contributed by atoms with van der Waals surface area (Å²) in [6.07, 6.45) is 6.84. The van der Waals surface area contributed by atoms with Crippen molar-refractivity contribution >= 4 is 5.97 Å². The number of rotatable bonds is 6. The maximum atomic E-state index is 12.5. The van der Waals surface area contributed by atoms with Crippen LogP contribution in [-0.2, 0) is 24.2 Å². The molecule has 0 N–H and O–H groups in total. The fraction of sp³-hybridized carbons (Fsp3) is 0.333. The van der Waals surface area contributed by atoms with Crippen LogP contribution in [0.4, 0.5) is 0 Å². The van der Waals surface area contributed by atoms with Gasteiger partial charge in [0, 0.05) is 25.5 Å². The standard InChI is InChI=1S/C27H28N4O2/c1-18-12-19(2)24(30-15-18)17-31(25-8-4-6-21-7-5-11-29-26(21)25)16-22-10-9-20(14-28)13-23(22)27(32)33-3/h5,7,9-13,15,25H,4,6,8,16-17H2,1-3H3/t25-/m1/s1. The van der Waals surface area contributed by atoms with Crippen LogP contribution in [0.3, 0.4) is 0 Å². The Morgan fingerprint density at radius 2 is 2.06 bits per heavy atom. The number of methoxy groups -OCH3 is 1. The van der Waals surface area contributed by atoms with E-state index in [0.29, 0.717) is 24.2 Å². The molecule has 1 aliphatic rings. The Kier molecular flexibility index (Phi) is 6.81. The summed E-state index contributed by atoms with van der Waals surface area (Å²) in [5.41, 5.74) is 7.35. The van der Waals surface area contributed by atoms with E-state index < -0.39 is 5.97 Å². The minimum Gasteiger partial charge on any atom is -0.465 e. The van der Waals surface area contributed by atoms with Crippen molar-refractivity contribution in [2.75, 3.05) is 7.11 Å². The van der Waals surface area contributed by atoms with Gasteiger partial charge in [-0.15, -0.1) is 0 Å². The second kappa shape index (κ2) is 9.93. The minimum absolute atomic E-state index is 0.110. The number of hydrogen-bond acceptors (Lipinski definition) is 6. The van der Waals surface area contributed by atoms with Crippen molar-refractivity contribution in [1.82, 2.24) is 14.9 Å². The average molecular weight is 441 g/mol. The molecule has 3 aromatic rings. The number of aryl methyl sites for hydroxylation is 3. The zero-order valence-electron chi connectivity index (χ0n) is 19.3. The Morgan fingerprint density at radius 1 is 1.21 bits per heavy atom. The lowest BCUT2D eigenvalue weighted by atomic mass is 9.90. The van der Waals surface area contributed by atoms with Crippen molar-refractivity contribution in [2.45, 2.75) is 52.2 Å². The predicted molar refractivity (Wildman–Crippen MR) is 125 cm³/mol. The summed E-state index contributed by atoms with van der Waals surface area (Å²) >= 11 is 0. The smallest absolute Gasteiger partial charge is 0.338 e. The van der Waals surface area contributed by atoms with Crippen LogP contribution in [0.1, 0.15) is 68.4 Å². The van der Waals surface area contributed by atoms with Crippen molar-refractivity contribution in [3.8, 4) is 6.07 Å². The molecule has 0 fully saturated rings. The number of ether oxygens (including phenoxy) is 1. The number of benzene rings is 1. The van der Waals surface area contributed by atoms with Crippen molar-refractivity contribution in [3.05, 3.63) is 93.6 Å². The number of carbonyl (C=O) groups is 1. The molecular weight excluding hydrogens is 412 g/mol. The van der Waals surface area contributed by atoms with E-state index in [-0.39, 0.29) is 6.04 Å². The number of pyridine rings is 2. The Labute approximate surface area is 194 Å². The Bertz CT molecular complexity index is 1210. The molecule has 0 aliphatic heterocycles. The molecule has 168 valence electrons. The number of carbonyl (C=O) groups excluding carboxylic acids is 1. The highest BCUT2D eigenvalue weighted by atomic mass is 16.5. The first-order chi connectivity index (χ1) is 16.0. The van der Waals surface area contributed by atoms with Crippen LogP contribution in [0, 0.1) is 25.2 Å². The Morgan fingerprint density at radius 3 is 2.82 bits per heavy atom. The highest BCUT2D eigenvalue weighted by Crippen LogP contribution is 2.35. The molecule has 6 heteroatoms. The van der Waals surface area contributed by atoms with Gasteiger partial charge in [0.25, 0.3) is 0 Å². The summed E-state index contributed by atoms with van der Waals surface area (Å²) in [5, 5.41) is 9.32. The number of hydrogen-bond donors (Lipinski definition) is 0. The molecule has 2 heterocycles. The highest BCUT2D eigenvalue weighted by molar-refractivity contribution is 5.91. The van der Waals surface area contributed by atoms with Gasteiger partial charge in [0.2, 0.25) is 0 Å². The normalized spacial score (nSPS) is 15.1. The molecule has 0 spiro atoms. The lowest BCUT2D eigenvalue weighted by Gasteiger charge is -2.35. The first-order valence-electron chi connectivity index (χ1n) is 11.2. The third kappa shape index (κ3) is 4.94. The van der Waals surface area contributed by atoms with E-state index in [1.54, 1.807) is 12.1 Å². The number of esters is 1. The summed E-state index contributed by atoms with van der Waals surface area (Å²) < 4.78 is 5.02. The molecule has 2 aromatic heterocycles. The van der Waals surface area contributed by atoms with Gasteiger partial charge >= 0.3 is 5.97 Å². The first kappa shape index (κ1) is 22.6. The van der Waals surface area contributed by atoms with Crippen LogP contribution >= 0.6 is 0 Å². The first-order valence-corrected chi connectivity index (χ1v) is 11.2. The molecule has 6 nitrogen and oxygen atoms in total. The molecule has 0 unspecified atom stereocenters. The molecule has 4 rings (SSSR count). The summed E-state index contributed by atoms with van der Waals surface area (Å²) in [6.45, 7) is 5.28. The molecule has 1 atom stereocenters. The maximum absolute atomic E-state index is 12.5. The molecule has 0 saturated carbocycles. The third-order valence-corrected chi connectivity index (χ3v) is 6.30. The fourth-order valence-electron chi connectivity index (χ4n) is 4.62. The summed E-state index contributed by atoms with van der Waals surface area (Å²) in [4.78, 5) is 24.3. The van der Waals surface area contributed by atoms with Gasteiger partial charge in [-0.1, -0.05) is 18.2 Å². The average Bonchev–Trinajstić information content (AvgIpc) is 2.84. The topological polar surface area (TPSA) is 79.1 Å². The molecule has 0 radical (unpaired) electrons. The fourth-order valence-corrected chi connectivity index (χ4v) is 4.62. The Hall–Kier alpha value is -3.56. The number of nitrogens with zero attached hydrogens (tertiary/aromatic N) is 4. The SMILES string of the molecule is COC(=O)c1cc(C#N)ccc1CN(Cc1ncc(C)cc1C)[C@@H]1CCCc2cccnc21. The van der Waals surface area contributed by atoms with Crippen LogP contribution < -0.4 is 0 Å². The van der Waals surface area contributed by atoms with E-state index in [1.807, 2.05) is 31.5 Å². The van der Waals surface area contributed by atoms with E-state index in [4.69, 9.17) is 14.7 Å². The van der Waals surface area contributed by atoms with Crippen molar-refractivity contribution in [3.63, 3.8) is 0 Å². The molecule has 1 aromatic carbocycles. The van der Waals surface area contributed by atoms with Crippen LogP contribution in [0.15, 0.2) is 48.8 Å². The minimum atomic E-state index is -0.436. The quantitative estimate of drug-likeness (QED) is 0.511. The van der Waals surface area contributed by atoms with Gasteiger partial charge in [-0.2, -0.15) is 5.26 Å². The summed E-state index contributed by atoms with van der Waals surface area (Å²) in [7, 11) is 1.36. The second-order valence-corrected chi connectivity index (χ2v) is 8.61. The zero-order chi connectivity index (χ0) is 23.4. The third-order valence-electron chi connectivity index (χ3n) is 6.30. The molecule has 1 aliphatic carbocycles. The lowest BCUT2D eigenvalue weighted by molar-refractivity contribution is 0.0596. The van der Waals surface area contributed by atoms with E-state index in [0.717, 1.165) is 47.3 Å². The predicted octanol–water partition coefficient (Wildman–Crippen LogP) is 4.83. The van der Waals surface area contributed by atoms with Crippen LogP contribution in [0.2, 0.25) is 0 Å².